The number of hydrogen-bond donors (Lipinski definition) is 1. The second-order valence-electron chi connectivity index (χ2n) is 5.47. The summed E-state index contributed by atoms with van der Waals surface area (Å²) in [4.78, 5) is 4.58. The number of aromatic nitrogens is 1. The average Bonchev–Trinajstić information content (AvgIpc) is 3.06. The highest BCUT2D eigenvalue weighted by Crippen LogP contribution is 2.28. The number of nitrogens with two attached hydrogens (primary N) is 1. The van der Waals surface area contributed by atoms with Gasteiger partial charge in [-0.2, -0.15) is 0 Å². The molecule has 2 N–H and O–H groups in total. The van der Waals surface area contributed by atoms with Crippen LogP contribution in [-0.4, -0.2) is 4.98 Å². The molecule has 23 heavy (non-hydrogen) atoms. The van der Waals surface area contributed by atoms with Crippen LogP contribution in [0.4, 0.5) is 0 Å². The molecule has 3 heteroatoms. The Kier molecular flexibility index (Phi) is 3.41. The van der Waals surface area contributed by atoms with E-state index in [4.69, 9.17) is 10.2 Å². The lowest BCUT2D eigenvalue weighted by Crippen LogP contribution is -1.95. The highest BCUT2D eigenvalue weighted by Gasteiger charge is 2.09. The van der Waals surface area contributed by atoms with Crippen LogP contribution in [0.1, 0.15) is 5.56 Å². The van der Waals surface area contributed by atoms with Gasteiger partial charge in [0.2, 0.25) is 5.89 Å². The SMILES string of the molecule is NCc1ccc(-c2nc3ccc(-c4ccccc4)cc3o2)cc1. The molecular weight excluding hydrogens is 284 g/mol. The van der Waals surface area contributed by atoms with E-state index >= 15 is 0 Å². The first-order valence-corrected chi connectivity index (χ1v) is 7.59. The van der Waals surface area contributed by atoms with Crippen molar-refractivity contribution in [3.8, 4) is 22.6 Å². The summed E-state index contributed by atoms with van der Waals surface area (Å²) in [6, 6.07) is 24.3. The molecule has 112 valence electrons. The van der Waals surface area contributed by atoms with E-state index in [1.807, 2.05) is 54.6 Å². The van der Waals surface area contributed by atoms with Crippen LogP contribution in [-0.2, 0) is 6.54 Å². The Morgan fingerprint density at radius 1 is 0.783 bits per heavy atom. The van der Waals surface area contributed by atoms with Crippen molar-refractivity contribution in [2.24, 2.45) is 5.73 Å². The standard InChI is InChI=1S/C20H16N2O/c21-13-14-6-8-16(9-7-14)20-22-18-11-10-17(12-19(18)23-20)15-4-2-1-3-5-15/h1-12H,13,21H2. The number of oxazole rings is 1. The molecule has 1 aromatic heterocycles. The summed E-state index contributed by atoms with van der Waals surface area (Å²) in [5, 5.41) is 0. The lowest BCUT2D eigenvalue weighted by atomic mass is 10.1. The minimum Gasteiger partial charge on any atom is -0.436 e. The number of nitrogens with zero attached hydrogens (tertiary/aromatic N) is 1. The van der Waals surface area contributed by atoms with Gasteiger partial charge in [-0.3, -0.25) is 0 Å². The summed E-state index contributed by atoms with van der Waals surface area (Å²) in [6.07, 6.45) is 0. The van der Waals surface area contributed by atoms with Gasteiger partial charge in [-0.05, 0) is 41.0 Å². The highest BCUT2D eigenvalue weighted by molar-refractivity contribution is 5.82. The minimum atomic E-state index is 0.536. The molecule has 0 saturated heterocycles. The number of fused-ring (bicyclic) bond motifs is 1. The zero-order valence-corrected chi connectivity index (χ0v) is 12.6. The van der Waals surface area contributed by atoms with E-state index in [1.54, 1.807) is 0 Å². The molecule has 0 bridgehead atoms. The molecule has 0 aliphatic carbocycles. The maximum absolute atomic E-state index is 5.95. The Hall–Kier alpha value is -2.91. The van der Waals surface area contributed by atoms with Crippen molar-refractivity contribution < 1.29 is 4.42 Å². The molecule has 0 spiro atoms. The molecule has 0 unspecified atom stereocenters. The van der Waals surface area contributed by atoms with Gasteiger partial charge in [0.15, 0.2) is 5.58 Å². The van der Waals surface area contributed by atoms with Crippen LogP contribution in [0.15, 0.2) is 77.2 Å². The molecule has 4 aromatic rings. The summed E-state index contributed by atoms with van der Waals surface area (Å²) in [5.41, 5.74) is 11.6. The lowest BCUT2D eigenvalue weighted by Gasteiger charge is -1.99. The first kappa shape index (κ1) is 13.7. The largest absolute Gasteiger partial charge is 0.436 e. The van der Waals surface area contributed by atoms with Crippen LogP contribution >= 0.6 is 0 Å². The summed E-state index contributed by atoms with van der Waals surface area (Å²) >= 11 is 0. The van der Waals surface area contributed by atoms with Crippen LogP contribution < -0.4 is 5.73 Å². The van der Waals surface area contributed by atoms with Gasteiger partial charge in [0.05, 0.1) is 0 Å². The fourth-order valence-corrected chi connectivity index (χ4v) is 2.64. The zero-order chi connectivity index (χ0) is 15.6. The molecule has 0 fully saturated rings. The molecule has 0 saturated carbocycles. The summed E-state index contributed by atoms with van der Waals surface area (Å²) in [5.74, 6) is 0.633. The van der Waals surface area contributed by atoms with Gasteiger partial charge < -0.3 is 10.2 Å². The van der Waals surface area contributed by atoms with Crippen LogP contribution in [0.2, 0.25) is 0 Å². The molecule has 0 aliphatic heterocycles. The van der Waals surface area contributed by atoms with E-state index in [9.17, 15) is 0 Å². The van der Waals surface area contributed by atoms with Crippen molar-refractivity contribution in [1.82, 2.24) is 4.98 Å². The van der Waals surface area contributed by atoms with E-state index < -0.39 is 0 Å². The molecule has 3 nitrogen and oxygen atoms in total. The number of rotatable bonds is 3. The predicted molar refractivity (Wildman–Crippen MR) is 92.8 cm³/mol. The Morgan fingerprint density at radius 2 is 1.52 bits per heavy atom. The summed E-state index contributed by atoms with van der Waals surface area (Å²) in [7, 11) is 0. The van der Waals surface area contributed by atoms with Gasteiger partial charge in [-0.15, -0.1) is 0 Å². The molecule has 0 amide bonds. The molecule has 0 radical (unpaired) electrons. The Balaban J connectivity index is 1.75. The smallest absolute Gasteiger partial charge is 0.227 e. The number of benzene rings is 3. The second kappa shape index (κ2) is 5.71. The molecule has 1 heterocycles. The second-order valence-corrected chi connectivity index (χ2v) is 5.47. The zero-order valence-electron chi connectivity index (χ0n) is 12.6. The van der Waals surface area contributed by atoms with Crippen molar-refractivity contribution >= 4 is 11.1 Å². The highest BCUT2D eigenvalue weighted by atomic mass is 16.3. The van der Waals surface area contributed by atoms with E-state index in [0.717, 1.165) is 27.8 Å². The van der Waals surface area contributed by atoms with E-state index in [0.29, 0.717) is 12.4 Å². The fraction of sp³-hybridized carbons (Fsp3) is 0.0500. The van der Waals surface area contributed by atoms with Crippen molar-refractivity contribution in [1.29, 1.82) is 0 Å². The van der Waals surface area contributed by atoms with E-state index in [2.05, 4.69) is 23.2 Å². The maximum atomic E-state index is 5.95. The molecule has 0 atom stereocenters. The Morgan fingerprint density at radius 3 is 2.26 bits per heavy atom. The summed E-state index contributed by atoms with van der Waals surface area (Å²) in [6.45, 7) is 0.536. The van der Waals surface area contributed by atoms with E-state index in [1.165, 1.54) is 5.56 Å². The van der Waals surface area contributed by atoms with Gasteiger partial charge in [0.25, 0.3) is 0 Å². The molecular formula is C20H16N2O. The van der Waals surface area contributed by atoms with Crippen LogP contribution in [0.3, 0.4) is 0 Å². The fourth-order valence-electron chi connectivity index (χ4n) is 2.64. The Bertz CT molecular complexity index is 940. The molecule has 4 rings (SSSR count). The summed E-state index contributed by atoms with van der Waals surface area (Å²) < 4.78 is 5.95. The third-order valence-electron chi connectivity index (χ3n) is 3.93. The first-order chi connectivity index (χ1) is 11.3. The van der Waals surface area contributed by atoms with Crippen LogP contribution in [0.5, 0.6) is 0 Å². The van der Waals surface area contributed by atoms with Gasteiger partial charge in [0, 0.05) is 12.1 Å². The number of hydrogen-bond acceptors (Lipinski definition) is 3. The van der Waals surface area contributed by atoms with Crippen molar-refractivity contribution in [2.75, 3.05) is 0 Å². The Labute approximate surface area is 134 Å². The van der Waals surface area contributed by atoms with Gasteiger partial charge >= 0.3 is 0 Å². The van der Waals surface area contributed by atoms with E-state index in [-0.39, 0.29) is 0 Å². The van der Waals surface area contributed by atoms with Crippen molar-refractivity contribution in [2.45, 2.75) is 6.54 Å². The van der Waals surface area contributed by atoms with Crippen LogP contribution in [0.25, 0.3) is 33.7 Å². The molecule has 3 aromatic carbocycles. The topological polar surface area (TPSA) is 52.0 Å². The quantitative estimate of drug-likeness (QED) is 0.600. The van der Waals surface area contributed by atoms with Gasteiger partial charge in [-0.1, -0.05) is 48.5 Å². The first-order valence-electron chi connectivity index (χ1n) is 7.59. The lowest BCUT2D eigenvalue weighted by molar-refractivity contribution is 0.620. The maximum Gasteiger partial charge on any atom is 0.227 e. The predicted octanol–water partition coefficient (Wildman–Crippen LogP) is 4.62. The monoisotopic (exact) mass is 300 g/mol. The minimum absolute atomic E-state index is 0.536. The van der Waals surface area contributed by atoms with Crippen molar-refractivity contribution in [3.05, 3.63) is 78.4 Å². The van der Waals surface area contributed by atoms with Gasteiger partial charge in [0.1, 0.15) is 5.52 Å². The molecule has 0 aliphatic rings. The van der Waals surface area contributed by atoms with Gasteiger partial charge in [-0.25, -0.2) is 4.98 Å². The third kappa shape index (κ3) is 2.62. The van der Waals surface area contributed by atoms with Crippen LogP contribution in [0, 0.1) is 0 Å². The average molecular weight is 300 g/mol. The normalized spacial score (nSPS) is 11.0. The van der Waals surface area contributed by atoms with Crippen molar-refractivity contribution in [3.63, 3.8) is 0 Å². The third-order valence-corrected chi connectivity index (χ3v) is 3.93.